The summed E-state index contributed by atoms with van der Waals surface area (Å²) < 4.78 is 112. The minimum Gasteiger partial charge on any atom is -0.492 e. The number of carboxylic acids is 1. The number of hydrogen-bond acceptors (Lipinski definition) is 5. The number of carboxylic acid groups (broad SMARTS) is 1. The highest BCUT2D eigenvalue weighted by Crippen LogP contribution is 2.48. The molecule has 0 bridgehead atoms. The lowest BCUT2D eigenvalue weighted by atomic mass is 9.90. The van der Waals surface area contributed by atoms with Crippen molar-refractivity contribution in [3.63, 3.8) is 0 Å². The van der Waals surface area contributed by atoms with Gasteiger partial charge in [0, 0.05) is 34.7 Å². The third-order valence-corrected chi connectivity index (χ3v) is 7.53. The predicted octanol–water partition coefficient (Wildman–Crippen LogP) is 8.20. The van der Waals surface area contributed by atoms with E-state index in [0.29, 0.717) is 23.4 Å². The van der Waals surface area contributed by atoms with Crippen LogP contribution in [0.25, 0.3) is 22.4 Å². The number of aliphatic carboxylic acids is 1. The van der Waals surface area contributed by atoms with Gasteiger partial charge in [-0.2, -0.15) is 26.3 Å². The number of aromatic nitrogens is 1. The maximum atomic E-state index is 15.3. The van der Waals surface area contributed by atoms with Crippen molar-refractivity contribution in [1.29, 1.82) is 0 Å². The smallest absolute Gasteiger partial charge is 0.452 e. The molecule has 1 aromatic heterocycles. The number of halogens is 7. The number of alkyl halides is 6. The maximum absolute atomic E-state index is 15.3. The van der Waals surface area contributed by atoms with Gasteiger partial charge in [-0.05, 0) is 41.7 Å². The van der Waals surface area contributed by atoms with E-state index in [0.717, 1.165) is 0 Å². The highest BCUT2D eigenvalue weighted by atomic mass is 19.4. The Morgan fingerprint density at radius 2 is 1.70 bits per heavy atom. The Balaban J connectivity index is 1.33. The number of nitrogens with zero attached hydrogens (tertiary/aromatic N) is 1. The largest absolute Gasteiger partial charge is 0.492 e. The SMILES string of the molecule is O=C(O)CC1COc2cc(O[C@@H]3CCc4c(-c5ccc(-c6cc(C(F)(F)F)on6)cc5)c(C(F)(F)F)cc(F)c43)ccc21. The molecule has 2 atom stereocenters. The first-order chi connectivity index (χ1) is 20.3. The van der Waals surface area contributed by atoms with Gasteiger partial charge in [0.15, 0.2) is 0 Å². The molecule has 13 heteroatoms. The molecule has 2 heterocycles. The molecule has 1 aliphatic heterocycles. The van der Waals surface area contributed by atoms with E-state index in [1.807, 2.05) is 0 Å². The van der Waals surface area contributed by atoms with E-state index in [-0.39, 0.29) is 71.0 Å². The zero-order valence-corrected chi connectivity index (χ0v) is 21.9. The first-order valence-electron chi connectivity index (χ1n) is 13.0. The van der Waals surface area contributed by atoms with Gasteiger partial charge in [-0.25, -0.2) is 4.39 Å². The fourth-order valence-corrected chi connectivity index (χ4v) is 5.64. The lowest BCUT2D eigenvalue weighted by molar-refractivity contribution is -0.155. The molecule has 6 rings (SSSR count). The highest BCUT2D eigenvalue weighted by molar-refractivity contribution is 5.76. The molecule has 2 aliphatic rings. The highest BCUT2D eigenvalue weighted by Gasteiger charge is 2.41. The van der Waals surface area contributed by atoms with Crippen LogP contribution in [0.1, 0.15) is 52.9 Å². The van der Waals surface area contributed by atoms with Crippen molar-refractivity contribution in [2.24, 2.45) is 0 Å². The number of ether oxygens (including phenoxy) is 2. The Morgan fingerprint density at radius 1 is 0.977 bits per heavy atom. The molecule has 1 aliphatic carbocycles. The Kier molecular flexibility index (Phi) is 6.85. The molecule has 0 saturated heterocycles. The molecule has 0 radical (unpaired) electrons. The first-order valence-corrected chi connectivity index (χ1v) is 13.0. The lowest BCUT2D eigenvalue weighted by Crippen LogP contribution is -2.12. The molecule has 43 heavy (non-hydrogen) atoms. The number of carbonyl (C=O) groups is 1. The molecule has 1 N–H and O–H groups in total. The minimum atomic E-state index is -4.90. The quantitative estimate of drug-likeness (QED) is 0.223. The van der Waals surface area contributed by atoms with Crippen LogP contribution in [-0.2, 0) is 23.6 Å². The van der Waals surface area contributed by atoms with Crippen LogP contribution < -0.4 is 9.47 Å². The van der Waals surface area contributed by atoms with Gasteiger partial charge in [0.2, 0.25) is 5.76 Å². The molecule has 0 saturated carbocycles. The molecular formula is C30H20F7NO5. The van der Waals surface area contributed by atoms with Crippen LogP contribution in [0.15, 0.2) is 59.1 Å². The van der Waals surface area contributed by atoms with Gasteiger partial charge in [0.25, 0.3) is 0 Å². The Bertz CT molecular complexity index is 1710. The van der Waals surface area contributed by atoms with Gasteiger partial charge < -0.3 is 19.1 Å². The summed E-state index contributed by atoms with van der Waals surface area (Å²) in [7, 11) is 0. The summed E-state index contributed by atoms with van der Waals surface area (Å²) in [5.74, 6) is -3.00. The fourth-order valence-electron chi connectivity index (χ4n) is 5.64. The van der Waals surface area contributed by atoms with Gasteiger partial charge in [-0.3, -0.25) is 4.79 Å². The van der Waals surface area contributed by atoms with Gasteiger partial charge in [0.05, 0.1) is 18.6 Å². The van der Waals surface area contributed by atoms with Crippen LogP contribution in [0.2, 0.25) is 0 Å². The number of hydrogen-bond donors (Lipinski definition) is 1. The van der Waals surface area contributed by atoms with Crippen molar-refractivity contribution in [2.45, 2.75) is 43.6 Å². The Morgan fingerprint density at radius 3 is 2.35 bits per heavy atom. The standard InChI is InChI=1S/C30H20F7NO5/c31-21-11-20(29(32,33)34)27(15-3-1-14(2-4-15)22-12-25(43-38-22)30(35,36)37)19-7-8-23(28(19)21)42-17-5-6-18-16(9-26(39)40)13-41-24(18)10-17/h1-6,10-12,16,23H,7-9,13H2,(H,39,40)/t16?,23-/m1/s1. The van der Waals surface area contributed by atoms with Crippen molar-refractivity contribution in [2.75, 3.05) is 6.61 Å². The summed E-state index contributed by atoms with van der Waals surface area (Å²) in [6, 6.07) is 11.1. The van der Waals surface area contributed by atoms with Crippen molar-refractivity contribution in [1.82, 2.24) is 5.16 Å². The molecule has 224 valence electrons. The molecule has 6 nitrogen and oxygen atoms in total. The normalized spacial score (nSPS) is 17.8. The van der Waals surface area contributed by atoms with Crippen LogP contribution in [-0.4, -0.2) is 22.8 Å². The van der Waals surface area contributed by atoms with Crippen molar-refractivity contribution < 1.29 is 54.6 Å². The summed E-state index contributed by atoms with van der Waals surface area (Å²) in [5.41, 5.74) is -0.536. The topological polar surface area (TPSA) is 81.8 Å². The molecule has 0 spiro atoms. The molecule has 3 aromatic carbocycles. The molecule has 0 fully saturated rings. The van der Waals surface area contributed by atoms with E-state index in [9.17, 15) is 31.1 Å². The van der Waals surface area contributed by atoms with Gasteiger partial charge >= 0.3 is 18.3 Å². The van der Waals surface area contributed by atoms with Gasteiger partial charge in [-0.15, -0.1) is 0 Å². The van der Waals surface area contributed by atoms with Crippen molar-refractivity contribution >= 4 is 5.97 Å². The summed E-state index contributed by atoms with van der Waals surface area (Å²) >= 11 is 0. The molecule has 1 unspecified atom stereocenters. The summed E-state index contributed by atoms with van der Waals surface area (Å²) in [5, 5.41) is 12.5. The second-order valence-corrected chi connectivity index (χ2v) is 10.3. The zero-order chi connectivity index (χ0) is 30.7. The molecule has 4 aromatic rings. The second-order valence-electron chi connectivity index (χ2n) is 10.3. The van der Waals surface area contributed by atoms with Gasteiger partial charge in [-0.1, -0.05) is 35.5 Å². The van der Waals surface area contributed by atoms with Crippen LogP contribution in [0.5, 0.6) is 11.5 Å². The fraction of sp³-hybridized carbons (Fsp3) is 0.267. The summed E-state index contributed by atoms with van der Waals surface area (Å²) in [6.07, 6.45) is -10.4. The zero-order valence-electron chi connectivity index (χ0n) is 21.9. The van der Waals surface area contributed by atoms with Crippen molar-refractivity contribution in [3.05, 3.63) is 88.4 Å². The Hall–Kier alpha value is -4.55. The summed E-state index contributed by atoms with van der Waals surface area (Å²) in [4.78, 5) is 11.1. The van der Waals surface area contributed by atoms with Crippen LogP contribution in [0.4, 0.5) is 30.7 Å². The van der Waals surface area contributed by atoms with Crippen LogP contribution in [0.3, 0.4) is 0 Å². The molecular weight excluding hydrogens is 587 g/mol. The van der Waals surface area contributed by atoms with E-state index in [1.54, 1.807) is 18.2 Å². The lowest BCUT2D eigenvalue weighted by Gasteiger charge is -2.21. The second kappa shape index (κ2) is 10.3. The first kappa shape index (κ1) is 28.6. The monoisotopic (exact) mass is 607 g/mol. The van der Waals surface area contributed by atoms with Crippen LogP contribution >= 0.6 is 0 Å². The number of rotatable bonds is 6. The van der Waals surface area contributed by atoms with Gasteiger partial charge in [0.1, 0.15) is 29.1 Å². The summed E-state index contributed by atoms with van der Waals surface area (Å²) in [6.45, 7) is 0.175. The molecule has 0 amide bonds. The maximum Gasteiger partial charge on any atom is 0.452 e. The average Bonchev–Trinajstić information content (AvgIpc) is 3.67. The van der Waals surface area contributed by atoms with E-state index in [1.165, 1.54) is 24.3 Å². The van der Waals surface area contributed by atoms with E-state index >= 15 is 4.39 Å². The minimum absolute atomic E-state index is 0.0245. The third kappa shape index (κ3) is 5.39. The van der Waals surface area contributed by atoms with Crippen LogP contribution in [0, 0.1) is 5.82 Å². The number of benzene rings is 3. The number of fused-ring (bicyclic) bond motifs is 2. The Labute approximate surface area is 238 Å². The average molecular weight is 607 g/mol. The van der Waals surface area contributed by atoms with E-state index in [2.05, 4.69) is 9.68 Å². The van der Waals surface area contributed by atoms with E-state index < -0.39 is 41.6 Å². The predicted molar refractivity (Wildman–Crippen MR) is 136 cm³/mol. The van der Waals surface area contributed by atoms with E-state index in [4.69, 9.17) is 14.6 Å². The third-order valence-electron chi connectivity index (χ3n) is 7.53. The van der Waals surface area contributed by atoms with Crippen molar-refractivity contribution in [3.8, 4) is 33.9 Å².